The first kappa shape index (κ1) is 28.9. The molecule has 37 heavy (non-hydrogen) atoms. The van der Waals surface area contributed by atoms with Crippen molar-refractivity contribution in [1.29, 1.82) is 0 Å². The number of carbonyl (C=O) groups excluding carboxylic acids is 3. The van der Waals surface area contributed by atoms with Crippen molar-refractivity contribution in [3.8, 4) is 0 Å². The van der Waals surface area contributed by atoms with Crippen LogP contribution in [0.25, 0.3) is 0 Å². The Morgan fingerprint density at radius 3 is 2.54 bits per heavy atom. The zero-order valence-electron chi connectivity index (χ0n) is 22.4. The van der Waals surface area contributed by atoms with Gasteiger partial charge in [-0.1, -0.05) is 44.0 Å². The fourth-order valence-corrected chi connectivity index (χ4v) is 5.71. The first-order chi connectivity index (χ1) is 17.9. The number of fused-ring (bicyclic) bond motifs is 1. The predicted octanol–water partition coefficient (Wildman–Crippen LogP) is 5.66. The average Bonchev–Trinajstić information content (AvgIpc) is 3.42. The second-order valence-electron chi connectivity index (χ2n) is 10.2. The molecule has 2 unspecified atom stereocenters. The molecule has 0 heterocycles. The van der Waals surface area contributed by atoms with Gasteiger partial charge in [0.15, 0.2) is 0 Å². The lowest BCUT2D eigenvalue weighted by Gasteiger charge is -2.23. The number of hydrogen-bond acceptors (Lipinski definition) is 7. The first-order valence-corrected chi connectivity index (χ1v) is 13.7. The average molecular weight is 515 g/mol. The smallest absolute Gasteiger partial charge is 0.338 e. The summed E-state index contributed by atoms with van der Waals surface area (Å²) in [4.78, 5) is 35.9. The molecule has 0 N–H and O–H groups in total. The molecule has 204 valence electrons. The van der Waals surface area contributed by atoms with Crippen molar-refractivity contribution in [3.05, 3.63) is 48.0 Å². The van der Waals surface area contributed by atoms with Crippen molar-refractivity contribution in [1.82, 2.24) is 0 Å². The topological polar surface area (TPSA) is 88.1 Å². The Kier molecular flexibility index (Phi) is 11.6. The standard InChI is InChI=1S/C30H42O7/c1-4-5-7-13-24(37-30(33)22-11-8-6-9-12-22)15-16-26-27-20-25(35-17-10-14-29(32)34-3)18-23(27)19-28(26)36-21(2)31/h6,8-9,11-12,15-16,23-28H,4-5,7,10,13-14,17-20H2,1-3H3/t23-,24?,25?,26+,27+,28+/m0/s1. The largest absolute Gasteiger partial charge is 0.469 e. The van der Waals surface area contributed by atoms with Crippen LogP contribution in [-0.2, 0) is 28.5 Å². The van der Waals surface area contributed by atoms with Crippen LogP contribution in [0.1, 0.15) is 82.0 Å². The molecule has 7 nitrogen and oxygen atoms in total. The van der Waals surface area contributed by atoms with Crippen LogP contribution < -0.4 is 0 Å². The number of unbranched alkanes of at least 4 members (excludes halogenated alkanes) is 2. The monoisotopic (exact) mass is 514 g/mol. The molecule has 2 fully saturated rings. The third-order valence-corrected chi connectivity index (χ3v) is 7.50. The maximum Gasteiger partial charge on any atom is 0.338 e. The van der Waals surface area contributed by atoms with Gasteiger partial charge in [0.25, 0.3) is 0 Å². The Labute approximate surface area is 220 Å². The van der Waals surface area contributed by atoms with Crippen LogP contribution in [0.3, 0.4) is 0 Å². The van der Waals surface area contributed by atoms with Crippen molar-refractivity contribution < 1.29 is 33.3 Å². The number of benzene rings is 1. The summed E-state index contributed by atoms with van der Waals surface area (Å²) in [5, 5.41) is 0. The Hall–Kier alpha value is -2.67. The number of methoxy groups -OCH3 is 1. The summed E-state index contributed by atoms with van der Waals surface area (Å²) in [5.74, 6) is -0.00497. The van der Waals surface area contributed by atoms with E-state index in [1.807, 2.05) is 24.3 Å². The summed E-state index contributed by atoms with van der Waals surface area (Å²) in [7, 11) is 1.39. The first-order valence-electron chi connectivity index (χ1n) is 13.7. The summed E-state index contributed by atoms with van der Waals surface area (Å²) in [5.41, 5.74) is 0.540. The Bertz CT molecular complexity index is 896. The molecule has 0 amide bonds. The number of ether oxygens (including phenoxy) is 4. The summed E-state index contributed by atoms with van der Waals surface area (Å²) < 4.78 is 22.4. The fourth-order valence-electron chi connectivity index (χ4n) is 5.71. The van der Waals surface area contributed by atoms with E-state index >= 15 is 0 Å². The normalized spacial score (nSPS) is 25.5. The lowest BCUT2D eigenvalue weighted by atomic mass is 9.90. The summed E-state index contributed by atoms with van der Waals surface area (Å²) in [6, 6.07) is 9.05. The molecule has 0 bridgehead atoms. The highest BCUT2D eigenvalue weighted by atomic mass is 16.5. The van der Waals surface area contributed by atoms with Crippen LogP contribution in [0, 0.1) is 17.8 Å². The molecule has 0 radical (unpaired) electrons. The van der Waals surface area contributed by atoms with Gasteiger partial charge in [-0.15, -0.1) is 0 Å². The second kappa shape index (κ2) is 14.9. The van der Waals surface area contributed by atoms with E-state index in [4.69, 9.17) is 18.9 Å². The highest BCUT2D eigenvalue weighted by Gasteiger charge is 2.49. The van der Waals surface area contributed by atoms with Gasteiger partial charge in [-0.05, 0) is 68.6 Å². The van der Waals surface area contributed by atoms with Gasteiger partial charge in [0.1, 0.15) is 12.2 Å². The van der Waals surface area contributed by atoms with E-state index in [9.17, 15) is 14.4 Å². The zero-order chi connectivity index (χ0) is 26.6. The minimum atomic E-state index is -0.331. The number of esters is 3. The molecule has 2 aliphatic rings. The van der Waals surface area contributed by atoms with Gasteiger partial charge in [-0.25, -0.2) is 4.79 Å². The number of hydrogen-bond donors (Lipinski definition) is 0. The van der Waals surface area contributed by atoms with Crippen molar-refractivity contribution >= 4 is 17.9 Å². The minimum Gasteiger partial charge on any atom is -0.469 e. The SMILES string of the molecule is CCCCCC(C=C[C@@H]1[C@@H]2CC(OCCCC(=O)OC)C[C@H]2C[C@H]1OC(C)=O)OC(=O)c1ccccc1. The van der Waals surface area contributed by atoms with E-state index in [0.29, 0.717) is 36.8 Å². The molecule has 2 aliphatic carbocycles. The van der Waals surface area contributed by atoms with Crippen LogP contribution >= 0.6 is 0 Å². The molecule has 0 spiro atoms. The lowest BCUT2D eigenvalue weighted by molar-refractivity contribution is -0.148. The van der Waals surface area contributed by atoms with Gasteiger partial charge >= 0.3 is 17.9 Å². The van der Waals surface area contributed by atoms with Crippen LogP contribution in [-0.4, -0.2) is 49.9 Å². The second-order valence-corrected chi connectivity index (χ2v) is 10.2. The van der Waals surface area contributed by atoms with Crippen LogP contribution in [0.15, 0.2) is 42.5 Å². The Morgan fingerprint density at radius 2 is 1.84 bits per heavy atom. The van der Waals surface area contributed by atoms with Crippen molar-refractivity contribution in [2.75, 3.05) is 13.7 Å². The van der Waals surface area contributed by atoms with E-state index in [1.54, 1.807) is 12.1 Å². The molecule has 2 saturated carbocycles. The molecule has 0 saturated heterocycles. The highest BCUT2D eigenvalue weighted by molar-refractivity contribution is 5.89. The van der Waals surface area contributed by atoms with Crippen molar-refractivity contribution in [3.63, 3.8) is 0 Å². The molecule has 0 aliphatic heterocycles. The third-order valence-electron chi connectivity index (χ3n) is 7.50. The van der Waals surface area contributed by atoms with Gasteiger partial charge in [-0.2, -0.15) is 0 Å². The summed E-state index contributed by atoms with van der Waals surface area (Å²) in [6.45, 7) is 4.14. The molecule has 1 aromatic carbocycles. The van der Waals surface area contributed by atoms with Gasteiger partial charge in [0, 0.05) is 25.9 Å². The van der Waals surface area contributed by atoms with Gasteiger partial charge in [0.2, 0.25) is 0 Å². The quantitative estimate of drug-likeness (QED) is 0.137. The molecular weight excluding hydrogens is 472 g/mol. The summed E-state index contributed by atoms with van der Waals surface area (Å²) in [6.07, 6.45) is 11.3. The Morgan fingerprint density at radius 1 is 1.05 bits per heavy atom. The van der Waals surface area contributed by atoms with Crippen LogP contribution in [0.5, 0.6) is 0 Å². The number of rotatable bonds is 14. The Balaban J connectivity index is 1.65. The molecule has 6 atom stereocenters. The van der Waals surface area contributed by atoms with Crippen LogP contribution in [0.4, 0.5) is 0 Å². The van der Waals surface area contributed by atoms with Crippen molar-refractivity contribution in [2.45, 2.75) is 89.9 Å². The van der Waals surface area contributed by atoms with E-state index in [0.717, 1.165) is 44.9 Å². The summed E-state index contributed by atoms with van der Waals surface area (Å²) >= 11 is 0. The van der Waals surface area contributed by atoms with Crippen LogP contribution in [0.2, 0.25) is 0 Å². The fraction of sp³-hybridized carbons (Fsp3) is 0.633. The highest BCUT2D eigenvalue weighted by Crippen LogP contribution is 2.50. The molecule has 3 rings (SSSR count). The molecule has 7 heteroatoms. The van der Waals surface area contributed by atoms with E-state index < -0.39 is 0 Å². The minimum absolute atomic E-state index is 0.0571. The van der Waals surface area contributed by atoms with E-state index in [1.165, 1.54) is 14.0 Å². The maximum absolute atomic E-state index is 12.7. The zero-order valence-corrected chi connectivity index (χ0v) is 22.4. The van der Waals surface area contributed by atoms with Crippen molar-refractivity contribution in [2.24, 2.45) is 17.8 Å². The van der Waals surface area contributed by atoms with Gasteiger partial charge in [0.05, 0.1) is 18.8 Å². The molecule has 1 aromatic rings. The molecular formula is C30H42O7. The van der Waals surface area contributed by atoms with Gasteiger partial charge < -0.3 is 18.9 Å². The maximum atomic E-state index is 12.7. The third kappa shape index (κ3) is 8.99. The predicted molar refractivity (Wildman–Crippen MR) is 140 cm³/mol. The lowest BCUT2D eigenvalue weighted by Crippen LogP contribution is -2.25. The van der Waals surface area contributed by atoms with E-state index in [-0.39, 0.29) is 42.1 Å². The van der Waals surface area contributed by atoms with E-state index in [2.05, 4.69) is 13.0 Å². The van der Waals surface area contributed by atoms with Gasteiger partial charge in [-0.3, -0.25) is 9.59 Å². The molecule has 0 aromatic heterocycles. The number of carbonyl (C=O) groups is 3.